The van der Waals surface area contributed by atoms with Gasteiger partial charge in [0.1, 0.15) is 5.78 Å². The minimum atomic E-state index is -0.155. The van der Waals surface area contributed by atoms with Crippen molar-refractivity contribution < 1.29 is 15.0 Å². The highest BCUT2D eigenvalue weighted by atomic mass is 16.3. The number of hydrogen-bond acceptors (Lipinski definition) is 3. The summed E-state index contributed by atoms with van der Waals surface area (Å²) in [5.41, 5.74) is 0. The molecule has 0 rings (SSSR count). The second-order valence-corrected chi connectivity index (χ2v) is 9.00. The van der Waals surface area contributed by atoms with Crippen molar-refractivity contribution in [1.82, 2.24) is 0 Å². The lowest BCUT2D eigenvalue weighted by Crippen LogP contribution is -2.06. The van der Waals surface area contributed by atoms with Crippen molar-refractivity contribution in [2.45, 2.75) is 154 Å². The second-order valence-electron chi connectivity index (χ2n) is 9.00. The molecular formula is C26H52O3. The molecule has 2 N–H and O–H groups in total. The molecule has 174 valence electrons. The summed E-state index contributed by atoms with van der Waals surface area (Å²) in [6.07, 6.45) is 25.6. The largest absolute Gasteiger partial charge is 0.396 e. The number of aliphatic hydroxyl groups is 2. The Bertz CT molecular complexity index is 330. The van der Waals surface area contributed by atoms with Gasteiger partial charge in [0, 0.05) is 19.4 Å². The molecule has 0 amide bonds. The molecule has 0 saturated heterocycles. The van der Waals surface area contributed by atoms with Crippen LogP contribution in [0.3, 0.4) is 0 Å². The minimum Gasteiger partial charge on any atom is -0.396 e. The summed E-state index contributed by atoms with van der Waals surface area (Å²) in [4.78, 5) is 11.5. The molecule has 0 aromatic carbocycles. The van der Waals surface area contributed by atoms with Crippen LogP contribution >= 0.6 is 0 Å². The number of ketones is 1. The molecule has 29 heavy (non-hydrogen) atoms. The van der Waals surface area contributed by atoms with E-state index in [2.05, 4.69) is 6.92 Å². The zero-order valence-electron chi connectivity index (χ0n) is 19.6. The summed E-state index contributed by atoms with van der Waals surface area (Å²) in [5, 5.41) is 18.8. The van der Waals surface area contributed by atoms with E-state index < -0.39 is 0 Å². The number of unbranched alkanes of at least 4 members (excludes halogenated alkanes) is 15. The third-order valence-corrected chi connectivity index (χ3v) is 6.00. The fraction of sp³-hybridized carbons (Fsp3) is 0.962. The highest BCUT2D eigenvalue weighted by Crippen LogP contribution is 2.15. The van der Waals surface area contributed by atoms with Gasteiger partial charge in [-0.2, -0.15) is 0 Å². The lowest BCUT2D eigenvalue weighted by atomic mass is 10.0. The third kappa shape index (κ3) is 23.7. The molecule has 0 aromatic heterocycles. The van der Waals surface area contributed by atoms with Crippen LogP contribution < -0.4 is 0 Å². The molecular weight excluding hydrogens is 360 g/mol. The summed E-state index contributed by atoms with van der Waals surface area (Å²) < 4.78 is 0. The highest BCUT2D eigenvalue weighted by Gasteiger charge is 2.05. The van der Waals surface area contributed by atoms with Crippen molar-refractivity contribution >= 4 is 5.78 Å². The number of rotatable bonds is 24. The molecule has 0 fully saturated rings. The Labute approximate surface area is 182 Å². The summed E-state index contributed by atoms with van der Waals surface area (Å²) in [6.45, 7) is 2.39. The van der Waals surface area contributed by atoms with Crippen molar-refractivity contribution in [1.29, 1.82) is 0 Å². The van der Waals surface area contributed by atoms with Crippen LogP contribution in [-0.4, -0.2) is 28.7 Å². The first kappa shape index (κ1) is 28.6. The van der Waals surface area contributed by atoms with E-state index in [0.29, 0.717) is 19.3 Å². The van der Waals surface area contributed by atoms with Gasteiger partial charge in [0.15, 0.2) is 0 Å². The standard InChI is InChI=1S/C26H52O3/c1-2-3-4-5-6-7-8-9-10-11-12-13-14-16-20-25(28)21-17-15-18-22-26(29)23-19-24-27/h25,27-28H,2-24H2,1H3. The zero-order chi connectivity index (χ0) is 21.4. The van der Waals surface area contributed by atoms with E-state index in [1.807, 2.05) is 0 Å². The Morgan fingerprint density at radius 1 is 0.586 bits per heavy atom. The van der Waals surface area contributed by atoms with Gasteiger partial charge in [-0.3, -0.25) is 4.79 Å². The lowest BCUT2D eigenvalue weighted by molar-refractivity contribution is -0.119. The van der Waals surface area contributed by atoms with E-state index in [-0.39, 0.29) is 18.5 Å². The Kier molecular flexibility index (Phi) is 23.5. The SMILES string of the molecule is CCCCCCCCCCCCCCCCC(O)CCCCCC(=O)CCCO. The van der Waals surface area contributed by atoms with Gasteiger partial charge < -0.3 is 10.2 Å². The van der Waals surface area contributed by atoms with Crippen LogP contribution in [0.15, 0.2) is 0 Å². The molecule has 0 aromatic rings. The molecule has 0 aliphatic carbocycles. The van der Waals surface area contributed by atoms with E-state index >= 15 is 0 Å². The van der Waals surface area contributed by atoms with E-state index in [1.54, 1.807) is 0 Å². The monoisotopic (exact) mass is 412 g/mol. The van der Waals surface area contributed by atoms with Crippen LogP contribution in [0.2, 0.25) is 0 Å². The predicted octanol–water partition coefficient (Wildman–Crippen LogP) is 7.51. The van der Waals surface area contributed by atoms with Gasteiger partial charge in [-0.25, -0.2) is 0 Å². The molecule has 0 spiro atoms. The van der Waals surface area contributed by atoms with E-state index in [9.17, 15) is 9.90 Å². The Morgan fingerprint density at radius 2 is 0.966 bits per heavy atom. The van der Waals surface area contributed by atoms with Gasteiger partial charge in [-0.1, -0.05) is 110 Å². The molecule has 0 aliphatic rings. The second kappa shape index (κ2) is 23.9. The normalized spacial score (nSPS) is 12.4. The highest BCUT2D eigenvalue weighted by molar-refractivity contribution is 5.78. The maximum atomic E-state index is 11.5. The average molecular weight is 413 g/mol. The topological polar surface area (TPSA) is 57.5 Å². The fourth-order valence-electron chi connectivity index (χ4n) is 4.00. The van der Waals surface area contributed by atoms with Crippen LogP contribution in [0.5, 0.6) is 0 Å². The van der Waals surface area contributed by atoms with Crippen LogP contribution in [-0.2, 0) is 4.79 Å². The van der Waals surface area contributed by atoms with Crippen molar-refractivity contribution in [2.75, 3.05) is 6.61 Å². The molecule has 0 heterocycles. The zero-order valence-corrected chi connectivity index (χ0v) is 19.6. The van der Waals surface area contributed by atoms with Gasteiger partial charge in [0.2, 0.25) is 0 Å². The van der Waals surface area contributed by atoms with Crippen molar-refractivity contribution in [3.05, 3.63) is 0 Å². The van der Waals surface area contributed by atoms with Gasteiger partial charge in [-0.15, -0.1) is 0 Å². The van der Waals surface area contributed by atoms with Crippen LogP contribution in [0.4, 0.5) is 0 Å². The molecule has 1 atom stereocenters. The van der Waals surface area contributed by atoms with Gasteiger partial charge in [0.25, 0.3) is 0 Å². The van der Waals surface area contributed by atoms with Crippen molar-refractivity contribution in [3.8, 4) is 0 Å². The Balaban J connectivity index is 3.20. The fourth-order valence-corrected chi connectivity index (χ4v) is 4.00. The van der Waals surface area contributed by atoms with Gasteiger partial charge in [-0.05, 0) is 25.7 Å². The first-order valence-corrected chi connectivity index (χ1v) is 13.0. The lowest BCUT2D eigenvalue weighted by Gasteiger charge is -2.10. The smallest absolute Gasteiger partial charge is 0.132 e. The Morgan fingerprint density at radius 3 is 1.41 bits per heavy atom. The van der Waals surface area contributed by atoms with Crippen molar-refractivity contribution in [2.24, 2.45) is 0 Å². The van der Waals surface area contributed by atoms with Crippen LogP contribution in [0.25, 0.3) is 0 Å². The number of hydrogen-bond donors (Lipinski definition) is 2. The summed E-state index contributed by atoms with van der Waals surface area (Å²) >= 11 is 0. The molecule has 3 nitrogen and oxygen atoms in total. The summed E-state index contributed by atoms with van der Waals surface area (Å²) in [5.74, 6) is 0.266. The molecule has 1 unspecified atom stereocenters. The molecule has 0 radical (unpaired) electrons. The maximum absolute atomic E-state index is 11.5. The first-order valence-electron chi connectivity index (χ1n) is 13.0. The number of Topliss-reactive ketones (excluding diaryl/α,β-unsaturated/α-hetero) is 1. The van der Waals surface area contributed by atoms with E-state index in [4.69, 9.17) is 5.11 Å². The van der Waals surface area contributed by atoms with Crippen LogP contribution in [0, 0.1) is 0 Å². The van der Waals surface area contributed by atoms with Crippen LogP contribution in [0.1, 0.15) is 148 Å². The quantitative estimate of drug-likeness (QED) is 0.161. The van der Waals surface area contributed by atoms with Gasteiger partial charge >= 0.3 is 0 Å². The number of aliphatic hydroxyl groups excluding tert-OH is 2. The molecule has 0 aliphatic heterocycles. The maximum Gasteiger partial charge on any atom is 0.132 e. The van der Waals surface area contributed by atoms with Crippen molar-refractivity contribution in [3.63, 3.8) is 0 Å². The Hall–Kier alpha value is -0.410. The molecule has 3 heteroatoms. The first-order chi connectivity index (χ1) is 14.2. The van der Waals surface area contributed by atoms with E-state index in [0.717, 1.165) is 38.5 Å². The average Bonchev–Trinajstić information content (AvgIpc) is 2.72. The third-order valence-electron chi connectivity index (χ3n) is 6.00. The summed E-state index contributed by atoms with van der Waals surface area (Å²) in [6, 6.07) is 0. The number of carbonyl (C=O) groups is 1. The van der Waals surface area contributed by atoms with E-state index in [1.165, 1.54) is 83.5 Å². The van der Waals surface area contributed by atoms with Gasteiger partial charge in [0.05, 0.1) is 6.10 Å². The molecule has 0 bridgehead atoms. The molecule has 0 saturated carbocycles. The minimum absolute atomic E-state index is 0.108. The predicted molar refractivity (Wildman–Crippen MR) is 125 cm³/mol. The number of carbonyl (C=O) groups excluding carboxylic acids is 1. The summed E-state index contributed by atoms with van der Waals surface area (Å²) in [7, 11) is 0.